The van der Waals surface area contributed by atoms with Gasteiger partial charge in [0.15, 0.2) is 0 Å². The molecule has 0 saturated heterocycles. The number of aromatic amines is 1. The molecule has 0 spiro atoms. The Bertz CT molecular complexity index is 575. The van der Waals surface area contributed by atoms with E-state index in [-0.39, 0.29) is 5.56 Å². The molecule has 0 amide bonds. The predicted octanol–water partition coefficient (Wildman–Crippen LogP) is 1.47. The van der Waals surface area contributed by atoms with Crippen LogP contribution in [0, 0.1) is 0 Å². The molecule has 0 unspecified atom stereocenters. The molecule has 3 rings (SSSR count). The summed E-state index contributed by atoms with van der Waals surface area (Å²) in [6.07, 6.45) is 1.93. The van der Waals surface area contributed by atoms with E-state index in [0.29, 0.717) is 17.9 Å². The third-order valence-electron chi connectivity index (χ3n) is 2.46. The van der Waals surface area contributed by atoms with Gasteiger partial charge in [-0.25, -0.2) is 4.98 Å². The Labute approximate surface area is 85.6 Å². The third kappa shape index (κ3) is 1.22. The average Bonchev–Trinajstić information content (AvgIpc) is 2.27. The van der Waals surface area contributed by atoms with Gasteiger partial charge < -0.3 is 9.72 Å². The van der Waals surface area contributed by atoms with Crippen molar-refractivity contribution in [3.8, 4) is 11.6 Å². The molecule has 0 aliphatic carbocycles. The largest absolute Gasteiger partial charge is 0.438 e. The molecule has 0 saturated carbocycles. The first-order chi connectivity index (χ1) is 7.34. The van der Waals surface area contributed by atoms with Gasteiger partial charge in [-0.2, -0.15) is 0 Å². The third-order valence-corrected chi connectivity index (χ3v) is 2.46. The van der Waals surface area contributed by atoms with E-state index >= 15 is 0 Å². The summed E-state index contributed by atoms with van der Waals surface area (Å²) in [4.78, 5) is 18.0. The van der Waals surface area contributed by atoms with Crippen LogP contribution in [-0.2, 0) is 6.42 Å². The Balaban J connectivity index is 2.19. The zero-order valence-corrected chi connectivity index (χ0v) is 7.86. The fourth-order valence-corrected chi connectivity index (χ4v) is 1.70. The number of hydrogen-bond donors (Lipinski definition) is 1. The lowest BCUT2D eigenvalue weighted by atomic mass is 10.0. The van der Waals surface area contributed by atoms with Crippen molar-refractivity contribution in [2.45, 2.75) is 6.42 Å². The Hall–Kier alpha value is -2.10. The minimum Gasteiger partial charge on any atom is -0.438 e. The van der Waals surface area contributed by atoms with Gasteiger partial charge in [-0.1, -0.05) is 18.2 Å². The summed E-state index contributed by atoms with van der Waals surface area (Å²) in [5.74, 6) is 1.19. The van der Waals surface area contributed by atoms with Crippen molar-refractivity contribution >= 4 is 0 Å². The van der Waals surface area contributed by atoms with E-state index in [0.717, 1.165) is 11.3 Å². The monoisotopic (exact) mass is 200 g/mol. The SMILES string of the molecule is O=c1[nH]cnc2c1Cc1ccccc1O2. The van der Waals surface area contributed by atoms with Crippen LogP contribution in [0.1, 0.15) is 11.1 Å². The fraction of sp³-hybridized carbons (Fsp3) is 0.0909. The molecule has 4 nitrogen and oxygen atoms in total. The van der Waals surface area contributed by atoms with Crippen molar-refractivity contribution in [1.29, 1.82) is 0 Å². The van der Waals surface area contributed by atoms with Crippen LogP contribution in [-0.4, -0.2) is 9.97 Å². The van der Waals surface area contributed by atoms with E-state index in [4.69, 9.17) is 4.74 Å². The molecule has 1 N–H and O–H groups in total. The van der Waals surface area contributed by atoms with Crippen molar-refractivity contribution in [1.82, 2.24) is 9.97 Å². The van der Waals surface area contributed by atoms with Crippen LogP contribution in [0.25, 0.3) is 0 Å². The number of para-hydroxylation sites is 1. The zero-order chi connectivity index (χ0) is 10.3. The number of aromatic nitrogens is 2. The first-order valence-electron chi connectivity index (χ1n) is 4.67. The summed E-state index contributed by atoms with van der Waals surface area (Å²) in [7, 11) is 0. The van der Waals surface area contributed by atoms with Crippen LogP contribution >= 0.6 is 0 Å². The topological polar surface area (TPSA) is 55.0 Å². The summed E-state index contributed by atoms with van der Waals surface area (Å²) >= 11 is 0. The number of H-pyrrole nitrogens is 1. The summed E-state index contributed by atoms with van der Waals surface area (Å²) in [5, 5.41) is 0. The number of benzene rings is 1. The highest BCUT2D eigenvalue weighted by Gasteiger charge is 2.19. The molecule has 0 radical (unpaired) electrons. The molecule has 0 bridgehead atoms. The maximum atomic E-state index is 11.5. The molecule has 74 valence electrons. The Morgan fingerprint density at radius 1 is 1.33 bits per heavy atom. The van der Waals surface area contributed by atoms with Crippen molar-refractivity contribution in [2.75, 3.05) is 0 Å². The quantitative estimate of drug-likeness (QED) is 0.597. The van der Waals surface area contributed by atoms with Gasteiger partial charge >= 0.3 is 0 Å². The Morgan fingerprint density at radius 3 is 3.13 bits per heavy atom. The number of rotatable bonds is 0. The minimum atomic E-state index is -0.130. The van der Waals surface area contributed by atoms with Crippen molar-refractivity contribution in [2.24, 2.45) is 0 Å². The highest BCUT2D eigenvalue weighted by Crippen LogP contribution is 2.32. The first kappa shape index (κ1) is 8.23. The molecule has 1 aliphatic heterocycles. The van der Waals surface area contributed by atoms with E-state index in [1.165, 1.54) is 6.33 Å². The van der Waals surface area contributed by atoms with Gasteiger partial charge in [0.2, 0.25) is 5.88 Å². The van der Waals surface area contributed by atoms with E-state index < -0.39 is 0 Å². The summed E-state index contributed by atoms with van der Waals surface area (Å²) in [5.41, 5.74) is 1.48. The molecule has 15 heavy (non-hydrogen) atoms. The molecule has 2 aromatic rings. The second-order valence-electron chi connectivity index (χ2n) is 3.40. The minimum absolute atomic E-state index is 0.130. The predicted molar refractivity (Wildman–Crippen MR) is 54.2 cm³/mol. The Kier molecular flexibility index (Phi) is 1.62. The molecule has 0 atom stereocenters. The van der Waals surface area contributed by atoms with E-state index in [2.05, 4.69) is 9.97 Å². The van der Waals surface area contributed by atoms with E-state index in [1.54, 1.807) is 0 Å². The standard InChI is InChI=1S/C11H8N2O2/c14-10-8-5-7-3-1-2-4-9(7)15-11(8)13-6-12-10/h1-4,6H,5H2,(H,12,13,14). The summed E-state index contributed by atoms with van der Waals surface area (Å²) < 4.78 is 5.53. The molecule has 1 aromatic carbocycles. The molecule has 1 aliphatic rings. The van der Waals surface area contributed by atoms with Gasteiger partial charge in [-0.3, -0.25) is 4.79 Å². The number of nitrogens with one attached hydrogen (secondary N) is 1. The van der Waals surface area contributed by atoms with Crippen LogP contribution in [0.5, 0.6) is 11.6 Å². The number of nitrogens with zero attached hydrogens (tertiary/aromatic N) is 1. The maximum Gasteiger partial charge on any atom is 0.258 e. The maximum absolute atomic E-state index is 11.5. The van der Waals surface area contributed by atoms with Gasteiger partial charge in [0.1, 0.15) is 5.75 Å². The van der Waals surface area contributed by atoms with Crippen molar-refractivity contribution in [3.63, 3.8) is 0 Å². The number of fused-ring (bicyclic) bond motifs is 2. The lowest BCUT2D eigenvalue weighted by Gasteiger charge is -2.17. The van der Waals surface area contributed by atoms with Crippen LogP contribution in [0.3, 0.4) is 0 Å². The van der Waals surface area contributed by atoms with Crippen LogP contribution in [0.15, 0.2) is 35.4 Å². The van der Waals surface area contributed by atoms with Gasteiger partial charge in [-0.15, -0.1) is 0 Å². The lowest BCUT2D eigenvalue weighted by Crippen LogP contribution is -2.18. The van der Waals surface area contributed by atoms with Gasteiger partial charge in [0.05, 0.1) is 11.9 Å². The smallest absolute Gasteiger partial charge is 0.258 e. The average molecular weight is 200 g/mol. The lowest BCUT2D eigenvalue weighted by molar-refractivity contribution is 0.437. The summed E-state index contributed by atoms with van der Waals surface area (Å²) in [6, 6.07) is 7.65. The van der Waals surface area contributed by atoms with Gasteiger partial charge in [-0.05, 0) is 11.6 Å². The summed E-state index contributed by atoms with van der Waals surface area (Å²) in [6.45, 7) is 0. The van der Waals surface area contributed by atoms with Gasteiger partial charge in [0, 0.05) is 6.42 Å². The fourth-order valence-electron chi connectivity index (χ4n) is 1.70. The molecular weight excluding hydrogens is 192 g/mol. The highest BCUT2D eigenvalue weighted by atomic mass is 16.5. The van der Waals surface area contributed by atoms with Crippen LogP contribution in [0.4, 0.5) is 0 Å². The van der Waals surface area contributed by atoms with E-state index in [9.17, 15) is 4.79 Å². The first-order valence-corrected chi connectivity index (χ1v) is 4.67. The van der Waals surface area contributed by atoms with Crippen LogP contribution in [0.2, 0.25) is 0 Å². The molecule has 0 fully saturated rings. The van der Waals surface area contributed by atoms with E-state index in [1.807, 2.05) is 24.3 Å². The highest BCUT2D eigenvalue weighted by molar-refractivity contribution is 5.45. The molecular formula is C11H8N2O2. The number of ether oxygens (including phenoxy) is 1. The van der Waals surface area contributed by atoms with Crippen molar-refractivity contribution < 1.29 is 4.74 Å². The number of hydrogen-bond acceptors (Lipinski definition) is 3. The molecule has 1 aromatic heterocycles. The van der Waals surface area contributed by atoms with Crippen LogP contribution < -0.4 is 10.3 Å². The van der Waals surface area contributed by atoms with Crippen molar-refractivity contribution in [3.05, 3.63) is 52.1 Å². The molecule has 2 heterocycles. The van der Waals surface area contributed by atoms with Gasteiger partial charge in [0.25, 0.3) is 5.56 Å². The second-order valence-corrected chi connectivity index (χ2v) is 3.40. The Morgan fingerprint density at radius 2 is 2.20 bits per heavy atom. The molecule has 4 heteroatoms. The zero-order valence-electron chi connectivity index (χ0n) is 7.86. The normalized spacial score (nSPS) is 12.5. The second kappa shape index (κ2) is 2.95.